The zero-order valence-corrected chi connectivity index (χ0v) is 20.8. The third-order valence-corrected chi connectivity index (χ3v) is 4.50. The van der Waals surface area contributed by atoms with Crippen molar-refractivity contribution in [2.45, 2.75) is 13.8 Å². The summed E-state index contributed by atoms with van der Waals surface area (Å²) in [5.74, 6) is -2.87. The van der Waals surface area contributed by atoms with Gasteiger partial charge >= 0.3 is 23.9 Å². The third kappa shape index (κ3) is 7.87. The van der Waals surface area contributed by atoms with E-state index < -0.39 is 23.9 Å². The van der Waals surface area contributed by atoms with Gasteiger partial charge in [0.05, 0.1) is 12.2 Å². The zero-order valence-electron chi connectivity index (χ0n) is 20.8. The minimum absolute atomic E-state index is 0.0202. The van der Waals surface area contributed by atoms with Gasteiger partial charge in [-0.25, -0.2) is 19.2 Å². The molecule has 192 valence electrons. The van der Waals surface area contributed by atoms with E-state index in [1.54, 1.807) is 0 Å². The quantitative estimate of drug-likeness (QED) is 0.247. The minimum atomic E-state index is -0.745. The summed E-state index contributed by atoms with van der Waals surface area (Å²) in [7, 11) is 1.41. The highest BCUT2D eigenvalue weighted by molar-refractivity contribution is 5.93. The molecule has 9 heteroatoms. The number of ether oxygens (including phenoxy) is 5. The first kappa shape index (κ1) is 28.5. The Morgan fingerprint density at radius 3 is 1.59 bits per heavy atom. The molecule has 0 aliphatic heterocycles. The Balaban J connectivity index is 2.63. The molecule has 0 aliphatic carbocycles. The van der Waals surface area contributed by atoms with Crippen LogP contribution in [0, 0.1) is 0 Å². The van der Waals surface area contributed by atoms with Gasteiger partial charge in [-0.1, -0.05) is 26.3 Å². The Labute approximate surface area is 214 Å². The Morgan fingerprint density at radius 1 is 0.730 bits per heavy atom. The van der Waals surface area contributed by atoms with Crippen LogP contribution in [0.25, 0.3) is 11.1 Å². The van der Waals surface area contributed by atoms with Crippen LogP contribution in [0.4, 0.5) is 0 Å². The Kier molecular flexibility index (Phi) is 9.85. The molecule has 0 saturated heterocycles. The summed E-state index contributed by atoms with van der Waals surface area (Å²) >= 11 is 0. The molecule has 37 heavy (non-hydrogen) atoms. The lowest BCUT2D eigenvalue weighted by atomic mass is 10.0. The number of carbonyl (C=O) groups is 4. The molecule has 0 fully saturated rings. The van der Waals surface area contributed by atoms with Gasteiger partial charge in [-0.15, -0.1) is 0 Å². The van der Waals surface area contributed by atoms with Gasteiger partial charge in [0.25, 0.3) is 0 Å². The molecule has 0 bridgehead atoms. The first-order chi connectivity index (χ1) is 17.5. The van der Waals surface area contributed by atoms with Crippen LogP contribution in [0.2, 0.25) is 0 Å². The summed E-state index contributed by atoms with van der Waals surface area (Å²) in [6, 6.07) is 8.50. The predicted molar refractivity (Wildman–Crippen MR) is 135 cm³/mol. The lowest BCUT2D eigenvalue weighted by molar-refractivity contribution is -0.131. The van der Waals surface area contributed by atoms with Gasteiger partial charge in [-0.3, -0.25) is 0 Å². The van der Waals surface area contributed by atoms with Crippen molar-refractivity contribution < 1.29 is 42.9 Å². The van der Waals surface area contributed by atoms with Crippen LogP contribution < -0.4 is 18.9 Å². The number of carbonyl (C=O) groups excluding carboxylic acids is 4. The van der Waals surface area contributed by atoms with E-state index in [-0.39, 0.29) is 51.9 Å². The van der Waals surface area contributed by atoms with E-state index in [4.69, 9.17) is 23.7 Å². The summed E-state index contributed by atoms with van der Waals surface area (Å²) < 4.78 is 26.2. The van der Waals surface area contributed by atoms with Gasteiger partial charge in [0.1, 0.15) is 23.0 Å². The summed E-state index contributed by atoms with van der Waals surface area (Å²) in [4.78, 5) is 48.6. The number of esters is 4. The maximum absolute atomic E-state index is 12.4. The van der Waals surface area contributed by atoms with Crippen LogP contribution in [0.3, 0.4) is 0 Å². The predicted octanol–water partition coefficient (Wildman–Crippen LogP) is 4.52. The molecule has 0 heterocycles. The molecular weight excluding hydrogens is 480 g/mol. The van der Waals surface area contributed by atoms with Crippen LogP contribution >= 0.6 is 0 Å². The highest BCUT2D eigenvalue weighted by atomic mass is 16.6. The minimum Gasteiger partial charge on any atom is -0.423 e. The van der Waals surface area contributed by atoms with Gasteiger partial charge in [0.15, 0.2) is 0 Å². The molecule has 0 amide bonds. The molecular formula is C28H26O9. The smallest absolute Gasteiger partial charge is 0.341 e. The van der Waals surface area contributed by atoms with Gasteiger partial charge < -0.3 is 23.7 Å². The lowest BCUT2D eigenvalue weighted by Crippen LogP contribution is -2.14. The average molecular weight is 507 g/mol. The van der Waals surface area contributed by atoms with E-state index in [0.717, 1.165) is 6.08 Å². The first-order valence-electron chi connectivity index (χ1n) is 10.7. The van der Waals surface area contributed by atoms with E-state index in [9.17, 15) is 19.2 Å². The van der Waals surface area contributed by atoms with Crippen molar-refractivity contribution in [3.05, 3.63) is 85.5 Å². The molecule has 0 atom stereocenters. The van der Waals surface area contributed by atoms with Gasteiger partial charge in [-0.2, -0.15) is 0 Å². The first-order valence-corrected chi connectivity index (χ1v) is 10.7. The van der Waals surface area contributed by atoms with Crippen molar-refractivity contribution in [2.24, 2.45) is 0 Å². The number of hydrogen-bond donors (Lipinski definition) is 0. The second-order valence-electron chi connectivity index (χ2n) is 7.71. The summed E-state index contributed by atoms with van der Waals surface area (Å²) in [6.07, 6.45) is 0.976. The van der Waals surface area contributed by atoms with E-state index in [1.165, 1.54) is 57.4 Å². The molecule has 2 rings (SSSR count). The fourth-order valence-corrected chi connectivity index (χ4v) is 2.69. The zero-order chi connectivity index (χ0) is 27.7. The van der Waals surface area contributed by atoms with Crippen molar-refractivity contribution in [1.29, 1.82) is 0 Å². The summed E-state index contributed by atoms with van der Waals surface area (Å²) in [5.41, 5.74) is 0.885. The Hall–Kier alpha value is -4.76. The molecule has 0 radical (unpaired) electrons. The molecule has 9 nitrogen and oxygen atoms in total. The molecule has 0 N–H and O–H groups in total. The molecule has 0 unspecified atom stereocenters. The standard InChI is InChI=1S/C28H26O9/c1-8-25(29)34-19-9-11-21(23(13-19)36-26(30)16(2)3)22-12-10-20(35-28(32)18(6)15-33-7)14-24(22)37-27(31)17(4)5/h8-14H,1-2,4,6,15H2,3,5,7H3. The fourth-order valence-electron chi connectivity index (χ4n) is 2.69. The molecule has 0 aliphatic rings. The Bertz CT molecular complexity index is 1300. The second kappa shape index (κ2) is 12.8. The van der Waals surface area contributed by atoms with Crippen LogP contribution in [0.15, 0.2) is 85.5 Å². The van der Waals surface area contributed by atoms with E-state index in [1.807, 2.05) is 0 Å². The molecule has 0 saturated carbocycles. The summed E-state index contributed by atoms with van der Waals surface area (Å²) in [6.45, 7) is 17.0. The van der Waals surface area contributed by atoms with Gasteiger partial charge in [0.2, 0.25) is 0 Å². The number of methoxy groups -OCH3 is 1. The largest absolute Gasteiger partial charge is 0.423 e. The average Bonchev–Trinajstić information content (AvgIpc) is 2.84. The van der Waals surface area contributed by atoms with E-state index in [0.29, 0.717) is 5.56 Å². The monoisotopic (exact) mass is 506 g/mol. The maximum Gasteiger partial charge on any atom is 0.341 e. The van der Waals surface area contributed by atoms with Crippen LogP contribution in [0.1, 0.15) is 13.8 Å². The van der Waals surface area contributed by atoms with Crippen molar-refractivity contribution in [3.8, 4) is 34.1 Å². The van der Waals surface area contributed by atoms with Crippen LogP contribution in [-0.2, 0) is 23.9 Å². The van der Waals surface area contributed by atoms with Gasteiger partial charge in [0, 0.05) is 47.6 Å². The van der Waals surface area contributed by atoms with Crippen molar-refractivity contribution in [2.75, 3.05) is 13.7 Å². The Morgan fingerprint density at radius 2 is 1.19 bits per heavy atom. The van der Waals surface area contributed by atoms with Crippen LogP contribution in [0.5, 0.6) is 23.0 Å². The topological polar surface area (TPSA) is 114 Å². The lowest BCUT2D eigenvalue weighted by Gasteiger charge is -2.16. The third-order valence-electron chi connectivity index (χ3n) is 4.50. The highest BCUT2D eigenvalue weighted by Crippen LogP contribution is 2.41. The number of rotatable bonds is 11. The van der Waals surface area contributed by atoms with E-state index in [2.05, 4.69) is 26.3 Å². The van der Waals surface area contributed by atoms with Crippen molar-refractivity contribution in [3.63, 3.8) is 0 Å². The molecule has 2 aromatic rings. The fraction of sp³-hybridized carbons (Fsp3) is 0.143. The van der Waals surface area contributed by atoms with Crippen LogP contribution in [-0.4, -0.2) is 37.6 Å². The van der Waals surface area contributed by atoms with Crippen molar-refractivity contribution >= 4 is 23.9 Å². The normalized spacial score (nSPS) is 10.0. The highest BCUT2D eigenvalue weighted by Gasteiger charge is 2.20. The SMILES string of the molecule is C=CC(=O)Oc1ccc(-c2ccc(OC(=O)C(=C)COC)cc2OC(=O)C(=C)C)c(OC(=O)C(=C)C)c1. The van der Waals surface area contributed by atoms with E-state index >= 15 is 0 Å². The molecule has 2 aromatic carbocycles. The number of benzene rings is 2. The van der Waals surface area contributed by atoms with Gasteiger partial charge in [-0.05, 0) is 38.1 Å². The molecule has 0 spiro atoms. The molecule has 0 aromatic heterocycles. The summed E-state index contributed by atoms with van der Waals surface area (Å²) in [5, 5.41) is 0. The number of hydrogen-bond acceptors (Lipinski definition) is 9. The second-order valence-corrected chi connectivity index (χ2v) is 7.71. The van der Waals surface area contributed by atoms with Crippen molar-refractivity contribution in [1.82, 2.24) is 0 Å². The maximum atomic E-state index is 12.4.